The van der Waals surface area contributed by atoms with Gasteiger partial charge in [-0.2, -0.15) is 0 Å². The van der Waals surface area contributed by atoms with Crippen molar-refractivity contribution in [2.75, 3.05) is 32.8 Å². The van der Waals surface area contributed by atoms with E-state index in [1.54, 1.807) is 0 Å². The molecule has 10 heteroatoms. The van der Waals surface area contributed by atoms with Crippen LogP contribution in [0, 0.1) is 12.7 Å². The number of likely N-dealkylation sites (tertiary alicyclic amines) is 1. The third-order valence-electron chi connectivity index (χ3n) is 5.77. The van der Waals surface area contributed by atoms with Gasteiger partial charge >= 0.3 is 0 Å². The van der Waals surface area contributed by atoms with Crippen LogP contribution in [0.2, 0.25) is 0 Å². The van der Waals surface area contributed by atoms with Crippen molar-refractivity contribution in [3.8, 4) is 0 Å². The molecule has 0 bridgehead atoms. The van der Waals surface area contributed by atoms with Crippen LogP contribution in [0.3, 0.4) is 0 Å². The molecule has 2 N–H and O–H groups in total. The molecule has 3 rings (SSSR count). The highest BCUT2D eigenvalue weighted by molar-refractivity contribution is 14.0. The van der Waals surface area contributed by atoms with Crippen molar-refractivity contribution in [2.24, 2.45) is 12.0 Å². The van der Waals surface area contributed by atoms with Gasteiger partial charge in [-0.05, 0) is 50.8 Å². The average Bonchev–Trinajstić information content (AvgIpc) is 3.12. The minimum Gasteiger partial charge on any atom is -0.382 e. The van der Waals surface area contributed by atoms with Crippen LogP contribution in [-0.4, -0.2) is 64.5 Å². The molecule has 8 nitrogen and oxygen atoms in total. The molecule has 1 fully saturated rings. The second-order valence-electron chi connectivity index (χ2n) is 8.19. The van der Waals surface area contributed by atoms with E-state index in [4.69, 9.17) is 9.73 Å². The molecule has 1 aliphatic heterocycles. The molecule has 2 aromatic rings. The largest absolute Gasteiger partial charge is 0.382 e. The Kier molecular flexibility index (Phi) is 12.0. The highest BCUT2D eigenvalue weighted by atomic mass is 127. The number of benzene rings is 1. The van der Waals surface area contributed by atoms with Crippen molar-refractivity contribution in [3.05, 3.63) is 47.3 Å². The number of nitrogens with one attached hydrogen (secondary N) is 2. The van der Waals surface area contributed by atoms with Crippen molar-refractivity contribution in [3.63, 3.8) is 0 Å². The van der Waals surface area contributed by atoms with Gasteiger partial charge in [-0.1, -0.05) is 12.1 Å². The molecule has 33 heavy (non-hydrogen) atoms. The van der Waals surface area contributed by atoms with E-state index in [0.717, 1.165) is 81.8 Å². The third-order valence-corrected chi connectivity index (χ3v) is 5.77. The van der Waals surface area contributed by atoms with Crippen LogP contribution in [0.4, 0.5) is 4.39 Å². The van der Waals surface area contributed by atoms with E-state index in [2.05, 4.69) is 25.7 Å². The molecular weight excluding hydrogens is 536 g/mol. The first-order chi connectivity index (χ1) is 15.5. The Bertz CT molecular complexity index is 851. The number of guanidine groups is 1. The van der Waals surface area contributed by atoms with E-state index in [-0.39, 0.29) is 29.8 Å². The molecular formula is C23H37FIN7O. The number of piperidine rings is 1. The Morgan fingerprint density at radius 2 is 1.94 bits per heavy atom. The van der Waals surface area contributed by atoms with E-state index in [1.165, 1.54) is 12.1 Å². The summed E-state index contributed by atoms with van der Waals surface area (Å²) in [7, 11) is 1.96. The van der Waals surface area contributed by atoms with Crippen LogP contribution in [0.5, 0.6) is 0 Å². The van der Waals surface area contributed by atoms with Gasteiger partial charge in [0.05, 0.1) is 0 Å². The molecule has 0 atom stereocenters. The van der Waals surface area contributed by atoms with E-state index >= 15 is 0 Å². The number of aromatic nitrogens is 3. The number of aliphatic imine (C=N–C) groups is 1. The van der Waals surface area contributed by atoms with Crippen LogP contribution in [-0.2, 0) is 24.9 Å². The Morgan fingerprint density at radius 3 is 2.58 bits per heavy atom. The van der Waals surface area contributed by atoms with Crippen LogP contribution in [0.1, 0.15) is 43.4 Å². The maximum absolute atomic E-state index is 13.1. The van der Waals surface area contributed by atoms with Gasteiger partial charge in [-0.3, -0.25) is 4.90 Å². The number of hydrogen-bond donors (Lipinski definition) is 2. The van der Waals surface area contributed by atoms with Gasteiger partial charge in [0.1, 0.15) is 18.2 Å². The first-order valence-corrected chi connectivity index (χ1v) is 11.5. The molecule has 0 amide bonds. The second kappa shape index (κ2) is 14.5. The Labute approximate surface area is 213 Å². The summed E-state index contributed by atoms with van der Waals surface area (Å²) in [5.74, 6) is 2.34. The van der Waals surface area contributed by atoms with Gasteiger partial charge in [0, 0.05) is 52.5 Å². The van der Waals surface area contributed by atoms with Crippen LogP contribution >= 0.6 is 24.0 Å². The number of hydrogen-bond acceptors (Lipinski definition) is 5. The summed E-state index contributed by atoms with van der Waals surface area (Å²) in [4.78, 5) is 7.17. The van der Waals surface area contributed by atoms with Gasteiger partial charge in [-0.25, -0.2) is 9.38 Å². The molecule has 0 spiro atoms. The summed E-state index contributed by atoms with van der Waals surface area (Å²) in [5.41, 5.74) is 1.15. The molecule has 0 saturated carbocycles. The maximum atomic E-state index is 13.1. The van der Waals surface area contributed by atoms with Crippen molar-refractivity contribution >= 4 is 29.9 Å². The van der Waals surface area contributed by atoms with Crippen molar-refractivity contribution in [2.45, 2.75) is 52.2 Å². The number of halogens is 2. The van der Waals surface area contributed by atoms with Crippen LogP contribution in [0.25, 0.3) is 0 Å². The molecule has 1 aliphatic rings. The number of rotatable bonds is 10. The fourth-order valence-corrected chi connectivity index (χ4v) is 3.69. The molecule has 184 valence electrons. The van der Waals surface area contributed by atoms with E-state index in [9.17, 15) is 4.39 Å². The van der Waals surface area contributed by atoms with Gasteiger partial charge in [0.2, 0.25) is 0 Å². The zero-order valence-corrected chi connectivity index (χ0v) is 22.2. The highest BCUT2D eigenvalue weighted by Crippen LogP contribution is 2.14. The van der Waals surface area contributed by atoms with Gasteiger partial charge in [0.15, 0.2) is 11.8 Å². The fourth-order valence-electron chi connectivity index (χ4n) is 3.69. The molecule has 1 saturated heterocycles. The SMILES string of the molecule is CCOCCCNC(=NCc1nnc(C)n1C)NC1CCN(Cc2ccc(F)cc2)CC1.I. The van der Waals surface area contributed by atoms with E-state index in [1.807, 2.05) is 37.6 Å². The van der Waals surface area contributed by atoms with Crippen molar-refractivity contribution in [1.82, 2.24) is 30.3 Å². The predicted molar refractivity (Wildman–Crippen MR) is 139 cm³/mol. The summed E-state index contributed by atoms with van der Waals surface area (Å²) >= 11 is 0. The average molecular weight is 573 g/mol. The second-order valence-corrected chi connectivity index (χ2v) is 8.19. The molecule has 2 heterocycles. The van der Waals surface area contributed by atoms with Gasteiger partial charge in [0.25, 0.3) is 0 Å². The monoisotopic (exact) mass is 573 g/mol. The van der Waals surface area contributed by atoms with E-state index < -0.39 is 0 Å². The smallest absolute Gasteiger partial charge is 0.191 e. The highest BCUT2D eigenvalue weighted by Gasteiger charge is 2.20. The molecule has 0 aliphatic carbocycles. The van der Waals surface area contributed by atoms with Crippen molar-refractivity contribution < 1.29 is 9.13 Å². The number of aryl methyl sites for hydroxylation is 1. The molecule has 1 aromatic carbocycles. The quantitative estimate of drug-likeness (QED) is 0.197. The lowest BCUT2D eigenvalue weighted by Gasteiger charge is -2.33. The first-order valence-electron chi connectivity index (χ1n) is 11.5. The topological polar surface area (TPSA) is 79.6 Å². The first kappa shape index (κ1) is 27.5. The minimum absolute atomic E-state index is 0. The van der Waals surface area contributed by atoms with Crippen molar-refractivity contribution in [1.29, 1.82) is 0 Å². The standard InChI is InChI=1S/C23H36FN7O.HI/c1-4-32-15-5-12-25-23(26-16-22-29-28-18(2)30(22)3)27-21-10-13-31(14-11-21)17-19-6-8-20(24)9-7-19;/h6-9,21H,4-5,10-17H2,1-3H3,(H2,25,26,27);1H. The van der Waals surface area contributed by atoms with Crippen LogP contribution in [0.15, 0.2) is 29.3 Å². The molecule has 1 aromatic heterocycles. The Balaban J connectivity index is 0.00000385. The number of ether oxygens (including phenoxy) is 1. The summed E-state index contributed by atoms with van der Waals surface area (Å²) in [6, 6.07) is 7.15. The summed E-state index contributed by atoms with van der Waals surface area (Å²) in [6.45, 7) is 9.54. The van der Waals surface area contributed by atoms with Crippen LogP contribution < -0.4 is 10.6 Å². The normalized spacial score (nSPS) is 15.3. The van der Waals surface area contributed by atoms with E-state index in [0.29, 0.717) is 12.6 Å². The van der Waals surface area contributed by atoms with Gasteiger partial charge in [-0.15, -0.1) is 34.2 Å². The fraction of sp³-hybridized carbons (Fsp3) is 0.609. The van der Waals surface area contributed by atoms with Gasteiger partial charge < -0.3 is 19.9 Å². The predicted octanol–water partition coefficient (Wildman–Crippen LogP) is 3.01. The lowest BCUT2D eigenvalue weighted by molar-refractivity contribution is 0.145. The third kappa shape index (κ3) is 9.17. The lowest BCUT2D eigenvalue weighted by atomic mass is 10.0. The summed E-state index contributed by atoms with van der Waals surface area (Å²) in [6.07, 6.45) is 2.99. The maximum Gasteiger partial charge on any atom is 0.191 e. The summed E-state index contributed by atoms with van der Waals surface area (Å²) < 4.78 is 20.5. The zero-order chi connectivity index (χ0) is 22.8. The molecule has 0 unspecified atom stereocenters. The minimum atomic E-state index is -0.186. The lowest BCUT2D eigenvalue weighted by Crippen LogP contribution is -2.48. The summed E-state index contributed by atoms with van der Waals surface area (Å²) in [5, 5.41) is 15.4. The Morgan fingerprint density at radius 1 is 1.21 bits per heavy atom. The zero-order valence-electron chi connectivity index (χ0n) is 19.9. The molecule has 0 radical (unpaired) electrons. The number of nitrogens with zero attached hydrogens (tertiary/aromatic N) is 5. The Hall–Kier alpha value is -1.79.